The molecule has 1 atom stereocenters. The molecule has 0 unspecified atom stereocenters. The van der Waals surface area contributed by atoms with Crippen LogP contribution in [0.2, 0.25) is 5.02 Å². The van der Waals surface area contributed by atoms with E-state index in [0.717, 1.165) is 0 Å². The molecule has 1 rings (SSSR count). The summed E-state index contributed by atoms with van der Waals surface area (Å²) < 4.78 is 4.77. The first kappa shape index (κ1) is 10.6. The largest absolute Gasteiger partial charge is 0.480 e. The number of hydrogen-bond acceptors (Lipinski definition) is 3. The molecule has 2 N–H and O–H groups in total. The van der Waals surface area contributed by atoms with E-state index in [1.165, 1.54) is 19.3 Å². The van der Waals surface area contributed by atoms with E-state index >= 15 is 0 Å². The number of amides is 1. The van der Waals surface area contributed by atoms with Gasteiger partial charge in [0.2, 0.25) is 0 Å². The van der Waals surface area contributed by atoms with Gasteiger partial charge in [0.25, 0.3) is 5.91 Å². The molecule has 0 aliphatic rings. The zero-order valence-corrected chi connectivity index (χ0v) is 8.04. The average molecular weight is 218 g/mol. The molecule has 0 saturated heterocycles. The standard InChI is InChI=1S/C8H8ClNO4/c1-4(8(12)13)10-7(11)6-2-5(9)3-14-6/h2-4H,1H3,(H,10,11)(H,12,13)/t4-/m0/s1. The highest BCUT2D eigenvalue weighted by Crippen LogP contribution is 2.12. The minimum Gasteiger partial charge on any atom is -0.480 e. The van der Waals surface area contributed by atoms with Gasteiger partial charge in [0.1, 0.15) is 12.3 Å². The van der Waals surface area contributed by atoms with Crippen molar-refractivity contribution in [1.82, 2.24) is 5.32 Å². The van der Waals surface area contributed by atoms with Gasteiger partial charge < -0.3 is 14.8 Å². The molecule has 1 heterocycles. The van der Waals surface area contributed by atoms with E-state index < -0.39 is 17.9 Å². The zero-order valence-electron chi connectivity index (χ0n) is 7.28. The van der Waals surface area contributed by atoms with Gasteiger partial charge in [0, 0.05) is 6.07 Å². The number of furan rings is 1. The fourth-order valence-corrected chi connectivity index (χ4v) is 0.905. The van der Waals surface area contributed by atoms with Gasteiger partial charge in [-0.2, -0.15) is 0 Å². The van der Waals surface area contributed by atoms with Crippen LogP contribution >= 0.6 is 11.6 Å². The predicted molar refractivity (Wildman–Crippen MR) is 48.3 cm³/mol. The lowest BCUT2D eigenvalue weighted by Gasteiger charge is -2.06. The number of nitrogens with one attached hydrogen (secondary N) is 1. The first-order valence-electron chi connectivity index (χ1n) is 3.78. The van der Waals surface area contributed by atoms with E-state index in [2.05, 4.69) is 5.32 Å². The van der Waals surface area contributed by atoms with Crippen LogP contribution in [0.4, 0.5) is 0 Å². The molecule has 76 valence electrons. The average Bonchev–Trinajstić information content (AvgIpc) is 2.51. The quantitative estimate of drug-likeness (QED) is 0.796. The minimum atomic E-state index is -1.11. The number of hydrogen-bond donors (Lipinski definition) is 2. The van der Waals surface area contributed by atoms with Crippen LogP contribution in [0.1, 0.15) is 17.5 Å². The zero-order chi connectivity index (χ0) is 10.7. The van der Waals surface area contributed by atoms with Gasteiger partial charge in [-0.3, -0.25) is 9.59 Å². The fourth-order valence-electron chi connectivity index (χ4n) is 0.762. The molecule has 0 aromatic carbocycles. The van der Waals surface area contributed by atoms with E-state index in [9.17, 15) is 9.59 Å². The first-order valence-corrected chi connectivity index (χ1v) is 4.16. The summed E-state index contributed by atoms with van der Waals surface area (Å²) in [4.78, 5) is 21.6. The monoisotopic (exact) mass is 217 g/mol. The summed E-state index contributed by atoms with van der Waals surface area (Å²) >= 11 is 5.51. The van der Waals surface area contributed by atoms with Gasteiger partial charge >= 0.3 is 5.97 Å². The van der Waals surface area contributed by atoms with Gasteiger partial charge in [-0.1, -0.05) is 11.6 Å². The van der Waals surface area contributed by atoms with Crippen LogP contribution in [0, 0.1) is 0 Å². The second kappa shape index (κ2) is 4.15. The second-order valence-corrected chi connectivity index (χ2v) is 3.10. The molecule has 0 aliphatic carbocycles. The molecule has 1 aromatic rings. The Labute approximate surface area is 84.7 Å². The Morgan fingerprint density at radius 1 is 1.64 bits per heavy atom. The van der Waals surface area contributed by atoms with Gasteiger partial charge in [-0.15, -0.1) is 0 Å². The van der Waals surface area contributed by atoms with Crippen LogP contribution in [-0.4, -0.2) is 23.0 Å². The maximum absolute atomic E-state index is 11.2. The normalized spacial score (nSPS) is 12.1. The summed E-state index contributed by atoms with van der Waals surface area (Å²) in [5.41, 5.74) is 0. The Bertz CT molecular complexity index is 360. The van der Waals surface area contributed by atoms with E-state index in [1.54, 1.807) is 0 Å². The number of rotatable bonds is 3. The van der Waals surface area contributed by atoms with Crippen molar-refractivity contribution < 1.29 is 19.1 Å². The molecule has 0 spiro atoms. The molecule has 0 bridgehead atoms. The predicted octanol–water partition coefficient (Wildman–Crippen LogP) is 1.14. The molecule has 1 aromatic heterocycles. The van der Waals surface area contributed by atoms with E-state index in [-0.39, 0.29) is 10.8 Å². The van der Waals surface area contributed by atoms with Crippen LogP contribution in [-0.2, 0) is 4.79 Å². The van der Waals surface area contributed by atoms with Gasteiger partial charge in [-0.05, 0) is 6.92 Å². The fraction of sp³-hybridized carbons (Fsp3) is 0.250. The lowest BCUT2D eigenvalue weighted by Crippen LogP contribution is -2.38. The number of aliphatic carboxylic acids is 1. The Kier molecular flexibility index (Phi) is 3.14. The van der Waals surface area contributed by atoms with Crippen LogP contribution in [0.25, 0.3) is 0 Å². The van der Waals surface area contributed by atoms with Crippen molar-refractivity contribution in [3.8, 4) is 0 Å². The Morgan fingerprint density at radius 2 is 2.29 bits per heavy atom. The summed E-state index contributed by atoms with van der Waals surface area (Å²) in [5.74, 6) is -1.73. The summed E-state index contributed by atoms with van der Waals surface area (Å²) in [5, 5.41) is 11.0. The van der Waals surface area contributed by atoms with Crippen molar-refractivity contribution >= 4 is 23.5 Å². The molecule has 1 amide bonds. The molecule has 0 radical (unpaired) electrons. The number of carboxylic acids is 1. The molecule has 14 heavy (non-hydrogen) atoms. The van der Waals surface area contributed by atoms with Gasteiger partial charge in [-0.25, -0.2) is 0 Å². The van der Waals surface area contributed by atoms with Crippen molar-refractivity contribution in [2.24, 2.45) is 0 Å². The van der Waals surface area contributed by atoms with Crippen LogP contribution < -0.4 is 5.32 Å². The third-order valence-electron chi connectivity index (χ3n) is 1.51. The Morgan fingerprint density at radius 3 is 2.71 bits per heavy atom. The number of carbonyl (C=O) groups excluding carboxylic acids is 1. The Hall–Kier alpha value is -1.49. The lowest BCUT2D eigenvalue weighted by molar-refractivity contribution is -0.138. The number of carboxylic acid groups (broad SMARTS) is 1. The summed E-state index contributed by atoms with van der Waals surface area (Å²) in [6.07, 6.45) is 1.20. The van der Waals surface area contributed by atoms with E-state index in [0.29, 0.717) is 0 Å². The second-order valence-electron chi connectivity index (χ2n) is 2.66. The molecule has 5 nitrogen and oxygen atoms in total. The highest BCUT2D eigenvalue weighted by Gasteiger charge is 2.17. The smallest absolute Gasteiger partial charge is 0.325 e. The van der Waals surface area contributed by atoms with Crippen molar-refractivity contribution in [1.29, 1.82) is 0 Å². The highest BCUT2D eigenvalue weighted by molar-refractivity contribution is 6.30. The van der Waals surface area contributed by atoms with E-state index in [4.69, 9.17) is 21.1 Å². The highest BCUT2D eigenvalue weighted by atomic mass is 35.5. The molecule has 6 heteroatoms. The van der Waals surface area contributed by atoms with Gasteiger partial charge in [0.15, 0.2) is 5.76 Å². The molecule has 0 aliphatic heterocycles. The van der Waals surface area contributed by atoms with Crippen LogP contribution in [0.15, 0.2) is 16.7 Å². The third kappa shape index (κ3) is 2.50. The summed E-state index contributed by atoms with van der Waals surface area (Å²) in [6.45, 7) is 1.35. The minimum absolute atomic E-state index is 0.0110. The van der Waals surface area contributed by atoms with Crippen LogP contribution in [0.5, 0.6) is 0 Å². The molecular weight excluding hydrogens is 210 g/mol. The molecule has 0 saturated carbocycles. The third-order valence-corrected chi connectivity index (χ3v) is 1.71. The maximum atomic E-state index is 11.2. The van der Waals surface area contributed by atoms with Gasteiger partial charge in [0.05, 0.1) is 5.02 Å². The van der Waals surface area contributed by atoms with Crippen molar-refractivity contribution in [3.63, 3.8) is 0 Å². The summed E-state index contributed by atoms with van der Waals surface area (Å²) in [6, 6.07) is 0.345. The number of halogens is 1. The van der Waals surface area contributed by atoms with Crippen molar-refractivity contribution in [2.75, 3.05) is 0 Å². The van der Waals surface area contributed by atoms with E-state index in [1.807, 2.05) is 0 Å². The SMILES string of the molecule is C[C@H](NC(=O)c1cc(Cl)co1)C(=O)O. The van der Waals surface area contributed by atoms with Crippen LogP contribution in [0.3, 0.4) is 0 Å². The van der Waals surface area contributed by atoms with Crippen molar-refractivity contribution in [2.45, 2.75) is 13.0 Å². The topological polar surface area (TPSA) is 79.5 Å². The molecular formula is C8H8ClNO4. The molecule has 0 fully saturated rings. The van der Waals surface area contributed by atoms with Crippen molar-refractivity contribution in [3.05, 3.63) is 23.1 Å². The summed E-state index contributed by atoms with van der Waals surface area (Å²) in [7, 11) is 0. The first-order chi connectivity index (χ1) is 6.50. The Balaban J connectivity index is 2.63. The number of carbonyl (C=O) groups is 2. The maximum Gasteiger partial charge on any atom is 0.325 e. The lowest BCUT2D eigenvalue weighted by atomic mass is 10.3.